The van der Waals surface area contributed by atoms with Crippen LogP contribution < -0.4 is 5.32 Å². The average molecular weight is 341 g/mol. The zero-order chi connectivity index (χ0) is 17.2. The SMILES string of the molecule is O=C(C1CC(F)(F)CN1)N1CCCN(Cc2ccc(F)cc2)CC1. The van der Waals surface area contributed by atoms with Crippen LogP contribution in [0, 0.1) is 5.82 Å². The fraction of sp³-hybridized carbons (Fsp3) is 0.588. The van der Waals surface area contributed by atoms with Crippen molar-refractivity contribution >= 4 is 5.91 Å². The number of rotatable bonds is 3. The van der Waals surface area contributed by atoms with Crippen molar-refractivity contribution in [1.82, 2.24) is 15.1 Å². The van der Waals surface area contributed by atoms with Gasteiger partial charge in [-0.05, 0) is 24.1 Å². The topological polar surface area (TPSA) is 35.6 Å². The van der Waals surface area contributed by atoms with Crippen LogP contribution in [0.5, 0.6) is 0 Å². The Labute approximate surface area is 139 Å². The van der Waals surface area contributed by atoms with Crippen LogP contribution in [0.15, 0.2) is 24.3 Å². The second kappa shape index (κ2) is 7.11. The van der Waals surface area contributed by atoms with E-state index < -0.39 is 24.9 Å². The summed E-state index contributed by atoms with van der Waals surface area (Å²) in [5.74, 6) is -3.27. The summed E-state index contributed by atoms with van der Waals surface area (Å²) in [6.45, 7) is 2.91. The molecule has 4 nitrogen and oxygen atoms in total. The molecule has 1 unspecified atom stereocenters. The standard InChI is InChI=1S/C17H22F3N3O/c18-14-4-2-13(3-5-14)11-22-6-1-7-23(9-8-22)16(24)15-10-17(19,20)12-21-15/h2-5,15,21H,1,6-12H2. The molecule has 2 fully saturated rings. The number of amides is 1. The lowest BCUT2D eigenvalue weighted by atomic mass is 10.1. The lowest BCUT2D eigenvalue weighted by Crippen LogP contribution is -2.45. The Balaban J connectivity index is 1.53. The molecule has 0 bridgehead atoms. The maximum atomic E-state index is 13.3. The Kier molecular flexibility index (Phi) is 5.10. The fourth-order valence-corrected chi connectivity index (χ4v) is 3.31. The smallest absolute Gasteiger partial charge is 0.262 e. The molecule has 1 aromatic rings. The molecule has 0 aliphatic carbocycles. The minimum absolute atomic E-state index is 0.226. The van der Waals surface area contributed by atoms with Crippen molar-refractivity contribution < 1.29 is 18.0 Å². The van der Waals surface area contributed by atoms with Gasteiger partial charge in [0.1, 0.15) is 5.82 Å². The number of nitrogens with one attached hydrogen (secondary N) is 1. The summed E-state index contributed by atoms with van der Waals surface area (Å²) in [6, 6.07) is 5.62. The van der Waals surface area contributed by atoms with E-state index in [2.05, 4.69) is 10.2 Å². The van der Waals surface area contributed by atoms with Crippen molar-refractivity contribution in [2.24, 2.45) is 0 Å². The van der Waals surface area contributed by atoms with E-state index in [0.717, 1.165) is 18.5 Å². The summed E-state index contributed by atoms with van der Waals surface area (Å²) in [5.41, 5.74) is 1.02. The molecule has 3 rings (SSSR count). The van der Waals surface area contributed by atoms with Gasteiger partial charge in [-0.3, -0.25) is 15.0 Å². The molecule has 1 aromatic carbocycles. The van der Waals surface area contributed by atoms with E-state index in [1.807, 2.05) is 0 Å². The van der Waals surface area contributed by atoms with E-state index in [-0.39, 0.29) is 11.7 Å². The highest BCUT2D eigenvalue weighted by Gasteiger charge is 2.43. The summed E-state index contributed by atoms with van der Waals surface area (Å²) in [6.07, 6.45) is 0.387. The number of carbonyl (C=O) groups excluding carboxylic acids is 1. The van der Waals surface area contributed by atoms with Gasteiger partial charge in [0.15, 0.2) is 0 Å². The fourth-order valence-electron chi connectivity index (χ4n) is 3.31. The van der Waals surface area contributed by atoms with Crippen LogP contribution in [0.4, 0.5) is 13.2 Å². The lowest BCUT2D eigenvalue weighted by molar-refractivity contribution is -0.133. The van der Waals surface area contributed by atoms with Gasteiger partial charge < -0.3 is 4.90 Å². The number of benzene rings is 1. The molecule has 1 atom stereocenters. The highest BCUT2D eigenvalue weighted by atomic mass is 19.3. The van der Waals surface area contributed by atoms with Gasteiger partial charge in [-0.2, -0.15) is 0 Å². The molecule has 0 saturated carbocycles. The third-order valence-corrected chi connectivity index (χ3v) is 4.63. The predicted octanol–water partition coefficient (Wildman–Crippen LogP) is 1.86. The molecular formula is C17H22F3N3O. The first-order valence-corrected chi connectivity index (χ1v) is 8.30. The molecular weight excluding hydrogens is 319 g/mol. The zero-order valence-corrected chi connectivity index (χ0v) is 13.5. The van der Waals surface area contributed by atoms with E-state index in [4.69, 9.17) is 0 Å². The van der Waals surface area contributed by atoms with Crippen LogP contribution in [0.3, 0.4) is 0 Å². The molecule has 1 N–H and O–H groups in total. The van der Waals surface area contributed by atoms with E-state index in [0.29, 0.717) is 26.2 Å². The van der Waals surface area contributed by atoms with Gasteiger partial charge >= 0.3 is 0 Å². The average Bonchev–Trinajstić information content (AvgIpc) is 2.77. The van der Waals surface area contributed by atoms with Crippen LogP contribution in [0.25, 0.3) is 0 Å². The quantitative estimate of drug-likeness (QED) is 0.912. The van der Waals surface area contributed by atoms with E-state index in [9.17, 15) is 18.0 Å². The third-order valence-electron chi connectivity index (χ3n) is 4.63. The molecule has 0 radical (unpaired) electrons. The summed E-state index contributed by atoms with van der Waals surface area (Å²) in [5, 5.41) is 2.63. The van der Waals surface area contributed by atoms with Crippen LogP contribution in [-0.4, -0.2) is 60.4 Å². The molecule has 1 amide bonds. The molecule has 2 saturated heterocycles. The van der Waals surface area contributed by atoms with Gasteiger partial charge in [-0.1, -0.05) is 12.1 Å². The van der Waals surface area contributed by atoms with Gasteiger partial charge in [0, 0.05) is 39.1 Å². The Morgan fingerprint density at radius 1 is 1.17 bits per heavy atom. The van der Waals surface area contributed by atoms with E-state index in [1.54, 1.807) is 17.0 Å². The number of hydrogen-bond donors (Lipinski definition) is 1. The molecule has 7 heteroatoms. The molecule has 0 spiro atoms. The maximum absolute atomic E-state index is 13.3. The van der Waals surface area contributed by atoms with Gasteiger partial charge in [-0.15, -0.1) is 0 Å². The van der Waals surface area contributed by atoms with Crippen molar-refractivity contribution in [2.75, 3.05) is 32.7 Å². The predicted molar refractivity (Wildman–Crippen MR) is 84.2 cm³/mol. The summed E-state index contributed by atoms with van der Waals surface area (Å²) < 4.78 is 39.5. The Morgan fingerprint density at radius 2 is 1.92 bits per heavy atom. The van der Waals surface area contributed by atoms with Crippen LogP contribution in [-0.2, 0) is 11.3 Å². The van der Waals surface area contributed by atoms with Crippen LogP contribution in [0.1, 0.15) is 18.4 Å². The molecule has 0 aromatic heterocycles. The molecule has 2 aliphatic heterocycles. The minimum Gasteiger partial charge on any atom is -0.340 e. The molecule has 2 heterocycles. The van der Waals surface area contributed by atoms with Crippen molar-refractivity contribution in [1.29, 1.82) is 0 Å². The van der Waals surface area contributed by atoms with Gasteiger partial charge in [0.2, 0.25) is 5.91 Å². The highest BCUT2D eigenvalue weighted by molar-refractivity contribution is 5.82. The molecule has 24 heavy (non-hydrogen) atoms. The first kappa shape index (κ1) is 17.2. The summed E-state index contributed by atoms with van der Waals surface area (Å²) in [7, 11) is 0. The number of nitrogens with zero attached hydrogens (tertiary/aromatic N) is 2. The number of hydrogen-bond acceptors (Lipinski definition) is 3. The maximum Gasteiger partial charge on any atom is 0.262 e. The number of alkyl halides is 2. The minimum atomic E-state index is -2.79. The normalized spacial score (nSPS) is 24.8. The highest BCUT2D eigenvalue weighted by Crippen LogP contribution is 2.26. The second-order valence-corrected chi connectivity index (χ2v) is 6.58. The first-order chi connectivity index (χ1) is 11.4. The number of halogens is 3. The van der Waals surface area contributed by atoms with E-state index >= 15 is 0 Å². The van der Waals surface area contributed by atoms with Crippen molar-refractivity contribution in [3.8, 4) is 0 Å². The van der Waals surface area contributed by atoms with E-state index in [1.165, 1.54) is 12.1 Å². The van der Waals surface area contributed by atoms with Gasteiger partial charge in [0.25, 0.3) is 5.92 Å². The van der Waals surface area contributed by atoms with Crippen LogP contribution >= 0.6 is 0 Å². The van der Waals surface area contributed by atoms with Gasteiger partial charge in [0.05, 0.1) is 12.6 Å². The Bertz CT molecular complexity index is 579. The molecule has 2 aliphatic rings. The zero-order valence-electron chi connectivity index (χ0n) is 13.5. The molecule has 132 valence electrons. The van der Waals surface area contributed by atoms with Gasteiger partial charge in [-0.25, -0.2) is 13.2 Å². The summed E-state index contributed by atoms with van der Waals surface area (Å²) >= 11 is 0. The lowest BCUT2D eigenvalue weighted by Gasteiger charge is -2.24. The monoisotopic (exact) mass is 341 g/mol. The largest absolute Gasteiger partial charge is 0.340 e. The second-order valence-electron chi connectivity index (χ2n) is 6.58. The van der Waals surface area contributed by atoms with Crippen LogP contribution in [0.2, 0.25) is 0 Å². The summed E-state index contributed by atoms with van der Waals surface area (Å²) in [4.78, 5) is 16.3. The van der Waals surface area contributed by atoms with Crippen molar-refractivity contribution in [2.45, 2.75) is 31.4 Å². The van der Waals surface area contributed by atoms with Crippen molar-refractivity contribution in [3.63, 3.8) is 0 Å². The number of carbonyl (C=O) groups is 1. The Hall–Kier alpha value is -1.60. The first-order valence-electron chi connectivity index (χ1n) is 8.30. The Morgan fingerprint density at radius 3 is 2.58 bits per heavy atom. The van der Waals surface area contributed by atoms with Crippen molar-refractivity contribution in [3.05, 3.63) is 35.6 Å². The third kappa shape index (κ3) is 4.27.